The van der Waals surface area contributed by atoms with Gasteiger partial charge in [0.25, 0.3) is 0 Å². The third-order valence-electron chi connectivity index (χ3n) is 13.1. The first-order valence-electron chi connectivity index (χ1n) is 15.9. The van der Waals surface area contributed by atoms with Crippen molar-refractivity contribution in [2.24, 2.45) is 56.8 Å². The first-order valence-corrected chi connectivity index (χ1v) is 15.9. The number of carboxylic acid groups (broad SMARTS) is 1. The topological polar surface area (TPSA) is 171 Å². The van der Waals surface area contributed by atoms with Crippen LogP contribution in [0.5, 0.6) is 0 Å². The van der Waals surface area contributed by atoms with E-state index in [0.29, 0.717) is 28.6 Å². The van der Waals surface area contributed by atoms with E-state index in [2.05, 4.69) is 26.5 Å². The normalized spacial score (nSPS) is 44.1. The number of carbonyl (C=O) groups is 3. The summed E-state index contributed by atoms with van der Waals surface area (Å²) < 4.78 is 18.0. The number of amides is 2. The largest absolute Gasteiger partial charge is 0.465 e. The number of ether oxygens (including phenoxy) is 3. The van der Waals surface area contributed by atoms with E-state index in [-0.39, 0.29) is 48.6 Å². The van der Waals surface area contributed by atoms with Crippen LogP contribution in [0.3, 0.4) is 0 Å². The number of hydrogen-bond donors (Lipinski definition) is 4. The van der Waals surface area contributed by atoms with Crippen molar-refractivity contribution in [1.82, 2.24) is 0 Å². The molecule has 43 heavy (non-hydrogen) atoms. The van der Waals surface area contributed by atoms with E-state index in [1.165, 1.54) is 39.0 Å². The van der Waals surface area contributed by atoms with Crippen molar-refractivity contribution in [2.75, 3.05) is 0 Å². The molecule has 10 nitrogen and oxygen atoms in total. The summed E-state index contributed by atoms with van der Waals surface area (Å²) in [6.45, 7) is 12.0. The van der Waals surface area contributed by atoms with Gasteiger partial charge in [0, 0.05) is 12.3 Å². The molecule has 1 heterocycles. The Labute approximate surface area is 262 Å². The molecule has 5 saturated carbocycles. The maximum Gasteiger partial charge on any atom is 0.404 e. The number of esters is 1. The van der Waals surface area contributed by atoms with E-state index >= 15 is 0 Å². The lowest BCUT2D eigenvalue weighted by Gasteiger charge is -2.59. The molecule has 2 spiro atoms. The maximum absolute atomic E-state index is 11.8. The van der Waals surface area contributed by atoms with Gasteiger partial charge in [0.05, 0.1) is 17.8 Å². The lowest BCUT2D eigenvalue weighted by Crippen LogP contribution is -2.55. The molecule has 6 aliphatic rings. The van der Waals surface area contributed by atoms with E-state index in [1.807, 2.05) is 0 Å². The molecule has 1 aliphatic heterocycles. The Morgan fingerprint density at radius 2 is 1.56 bits per heavy atom. The zero-order chi connectivity index (χ0) is 31.0. The van der Waals surface area contributed by atoms with E-state index < -0.39 is 23.9 Å². The van der Waals surface area contributed by atoms with Crippen molar-refractivity contribution < 1.29 is 38.8 Å². The molecule has 6 N–H and O–H groups in total. The fraction of sp³-hybridized carbons (Fsp3) is 0.906. The van der Waals surface area contributed by atoms with Gasteiger partial charge in [-0.25, -0.2) is 9.59 Å². The molecule has 0 aromatic carbocycles. The standard InChI is InChI=1S/C31H49NO6.CH3NO2.H2S/c1-17(33)36-25(28(4,5)35)21-9-7-19-22(37-21)15-20-18-8-10-23-27(2,3)24(38-26(32)34)11-12-31(23)16-30(18,31)14-13-29(19,20)6;2-1(3)4;/h18-25,35H,7-16H2,1-6H3,(H2,32,34);2H2,(H,3,4);1H2/t18?,19?,20?,21?,22?,23?,24-,25-,29?,30-,31?;;/m0../s1. The van der Waals surface area contributed by atoms with Gasteiger partial charge in [0.15, 0.2) is 6.10 Å². The molecule has 5 aliphatic carbocycles. The van der Waals surface area contributed by atoms with Crippen LogP contribution in [-0.2, 0) is 19.0 Å². The quantitative estimate of drug-likeness (QED) is 0.312. The fourth-order valence-electron chi connectivity index (χ4n) is 11.7. The molecule has 8 unspecified atom stereocenters. The van der Waals surface area contributed by atoms with E-state index in [0.717, 1.165) is 38.0 Å². The SMILES string of the molecule is CC(=O)O[C@@H](C1CCC2C(CC3C4CCC5C(C)(C)[C@@H](OC(N)=O)CCC56C[C@@]46CCC23C)O1)C(C)(C)O.NC(=O)O.S. The first-order chi connectivity index (χ1) is 19.4. The van der Waals surface area contributed by atoms with E-state index in [4.69, 9.17) is 29.8 Å². The lowest BCUT2D eigenvalue weighted by molar-refractivity contribution is -0.200. The van der Waals surface area contributed by atoms with Gasteiger partial charge in [-0.2, -0.15) is 13.5 Å². The van der Waals surface area contributed by atoms with E-state index in [1.54, 1.807) is 13.8 Å². The van der Waals surface area contributed by atoms with Crippen molar-refractivity contribution in [3.05, 3.63) is 0 Å². The van der Waals surface area contributed by atoms with Gasteiger partial charge in [-0.1, -0.05) is 20.8 Å². The minimum atomic E-state index is -1.33. The Bertz CT molecular complexity index is 1110. The lowest BCUT2D eigenvalue weighted by atomic mass is 9.46. The number of carbonyl (C=O) groups excluding carboxylic acids is 2. The van der Waals surface area contributed by atoms with Crippen LogP contribution in [0.25, 0.3) is 0 Å². The van der Waals surface area contributed by atoms with Crippen LogP contribution in [0, 0.1) is 45.3 Å². The number of fused-ring (bicyclic) bond motifs is 4. The summed E-state index contributed by atoms with van der Waals surface area (Å²) in [4.78, 5) is 32.3. The van der Waals surface area contributed by atoms with Crippen LogP contribution in [0.1, 0.15) is 106 Å². The molecule has 0 aromatic heterocycles. The zero-order valence-corrected chi connectivity index (χ0v) is 27.7. The molecule has 6 rings (SSSR count). The summed E-state index contributed by atoms with van der Waals surface area (Å²) >= 11 is 0. The first kappa shape index (κ1) is 34.2. The van der Waals surface area contributed by atoms with Gasteiger partial charge in [0.1, 0.15) is 6.10 Å². The number of primary amides is 2. The monoisotopic (exact) mass is 626 g/mol. The van der Waals surface area contributed by atoms with Gasteiger partial charge >= 0.3 is 18.2 Å². The molecule has 246 valence electrons. The highest BCUT2D eigenvalue weighted by Crippen LogP contribution is 2.87. The van der Waals surface area contributed by atoms with Crippen LogP contribution < -0.4 is 11.5 Å². The Morgan fingerprint density at radius 1 is 0.930 bits per heavy atom. The Balaban J connectivity index is 0.000000798. The van der Waals surface area contributed by atoms with Gasteiger partial charge < -0.3 is 35.9 Å². The highest BCUT2D eigenvalue weighted by atomic mass is 32.1. The molecular formula is C32H54N2O8S. The molecule has 1 saturated heterocycles. The summed E-state index contributed by atoms with van der Waals surface area (Å²) in [7, 11) is 0. The molecule has 11 atom stereocenters. The van der Waals surface area contributed by atoms with Gasteiger partial charge in [0.2, 0.25) is 0 Å². The van der Waals surface area contributed by atoms with Crippen molar-refractivity contribution >= 4 is 31.7 Å². The molecule has 0 radical (unpaired) electrons. The highest BCUT2D eigenvalue weighted by Gasteiger charge is 2.81. The second-order valence-electron chi connectivity index (χ2n) is 15.8. The number of hydrogen-bond acceptors (Lipinski definition) is 7. The Hall–Kier alpha value is -1.72. The van der Waals surface area contributed by atoms with Crippen molar-refractivity contribution in [2.45, 2.75) is 136 Å². The van der Waals surface area contributed by atoms with Crippen LogP contribution in [0.4, 0.5) is 9.59 Å². The summed E-state index contributed by atoms with van der Waals surface area (Å²) in [5.41, 5.74) is 9.38. The minimum Gasteiger partial charge on any atom is -0.465 e. The second kappa shape index (κ2) is 11.3. The van der Waals surface area contributed by atoms with Gasteiger partial charge in [-0.15, -0.1) is 0 Å². The van der Waals surface area contributed by atoms with Crippen LogP contribution >= 0.6 is 13.5 Å². The molecule has 0 aromatic rings. The third kappa shape index (κ3) is 5.43. The number of aliphatic hydroxyl groups is 1. The average Bonchev–Trinajstić information content (AvgIpc) is 3.43. The predicted octanol–water partition coefficient (Wildman–Crippen LogP) is 5.10. The fourth-order valence-corrected chi connectivity index (χ4v) is 11.7. The highest BCUT2D eigenvalue weighted by molar-refractivity contribution is 7.59. The van der Waals surface area contributed by atoms with Gasteiger partial charge in [-0.3, -0.25) is 4.79 Å². The Kier molecular flexibility index (Phi) is 8.95. The summed E-state index contributed by atoms with van der Waals surface area (Å²) in [5, 5.41) is 18.0. The van der Waals surface area contributed by atoms with Crippen molar-refractivity contribution in [1.29, 1.82) is 0 Å². The van der Waals surface area contributed by atoms with Crippen molar-refractivity contribution in [3.63, 3.8) is 0 Å². The summed E-state index contributed by atoms with van der Waals surface area (Å²) in [5.74, 6) is 2.13. The molecule has 6 fully saturated rings. The molecule has 11 heteroatoms. The zero-order valence-electron chi connectivity index (χ0n) is 26.7. The smallest absolute Gasteiger partial charge is 0.404 e. The van der Waals surface area contributed by atoms with Crippen molar-refractivity contribution in [3.8, 4) is 0 Å². The molecule has 0 bridgehead atoms. The summed E-state index contributed by atoms with van der Waals surface area (Å²) in [6.07, 6.45) is 8.62. The second-order valence-corrected chi connectivity index (χ2v) is 15.8. The number of rotatable bonds is 4. The van der Waals surface area contributed by atoms with Crippen LogP contribution in [0.2, 0.25) is 0 Å². The van der Waals surface area contributed by atoms with Gasteiger partial charge in [-0.05, 0) is 118 Å². The summed E-state index contributed by atoms with van der Waals surface area (Å²) in [6, 6.07) is 0. The Morgan fingerprint density at radius 3 is 2.14 bits per heavy atom. The average molecular weight is 627 g/mol. The minimum absolute atomic E-state index is 0. The maximum atomic E-state index is 11.8. The number of nitrogens with two attached hydrogens (primary N) is 2. The predicted molar refractivity (Wildman–Crippen MR) is 164 cm³/mol. The van der Waals surface area contributed by atoms with Crippen LogP contribution in [0.15, 0.2) is 0 Å². The third-order valence-corrected chi connectivity index (χ3v) is 13.1. The molecule has 2 amide bonds. The van der Waals surface area contributed by atoms with Crippen LogP contribution in [-0.4, -0.2) is 58.4 Å². The van der Waals surface area contributed by atoms with E-state index in [9.17, 15) is 14.7 Å². The molecular weight excluding hydrogens is 572 g/mol.